The van der Waals surface area contributed by atoms with Gasteiger partial charge >= 0.3 is 5.95 Å². The van der Waals surface area contributed by atoms with Crippen LogP contribution in [-0.4, -0.2) is 29.6 Å². The van der Waals surface area contributed by atoms with E-state index >= 15 is 0 Å². The number of benzene rings is 1. The van der Waals surface area contributed by atoms with E-state index in [-0.39, 0.29) is 0 Å². The van der Waals surface area contributed by atoms with Crippen molar-refractivity contribution in [1.82, 2.24) is 9.38 Å². The third kappa shape index (κ3) is 1.65. The number of fused-ring (bicyclic) bond motifs is 7. The Morgan fingerprint density at radius 1 is 1.21 bits per heavy atom. The molecule has 3 aromatic rings. The van der Waals surface area contributed by atoms with Crippen molar-refractivity contribution < 1.29 is 9.30 Å². The van der Waals surface area contributed by atoms with Crippen molar-refractivity contribution in [3.05, 3.63) is 30.0 Å². The van der Waals surface area contributed by atoms with Gasteiger partial charge < -0.3 is 4.74 Å². The number of ether oxygens (including phenoxy) is 1. The molecule has 0 N–H and O–H groups in total. The molecule has 1 aliphatic carbocycles. The molecule has 1 fully saturated rings. The smallest absolute Gasteiger partial charge is 0.366 e. The number of methoxy groups -OCH3 is 1. The van der Waals surface area contributed by atoms with Gasteiger partial charge in [0.05, 0.1) is 20.4 Å². The molecule has 2 aliphatic rings. The molecule has 5 nitrogen and oxygen atoms in total. The molecule has 1 saturated carbocycles. The summed E-state index contributed by atoms with van der Waals surface area (Å²) >= 11 is 0. The van der Waals surface area contributed by atoms with Gasteiger partial charge in [0.1, 0.15) is 28.9 Å². The Morgan fingerprint density at radius 3 is 2.88 bits per heavy atom. The molecule has 3 heterocycles. The quantitative estimate of drug-likeness (QED) is 0.646. The molecule has 0 radical (unpaired) electrons. The fraction of sp³-hybridized carbons (Fsp3) is 0.474. The fourth-order valence-electron chi connectivity index (χ4n) is 4.81. The van der Waals surface area contributed by atoms with Crippen LogP contribution in [0.25, 0.3) is 16.7 Å². The molecule has 0 bridgehead atoms. The molecule has 2 aromatic heterocycles. The Kier molecular flexibility index (Phi) is 2.84. The van der Waals surface area contributed by atoms with Gasteiger partial charge in [-0.05, 0) is 44.7 Å². The highest BCUT2D eigenvalue weighted by atomic mass is 16.5. The van der Waals surface area contributed by atoms with Crippen molar-refractivity contribution in [1.29, 1.82) is 0 Å². The highest BCUT2D eigenvalue weighted by molar-refractivity contribution is 5.86. The highest BCUT2D eigenvalue weighted by Crippen LogP contribution is 2.38. The first-order valence-corrected chi connectivity index (χ1v) is 8.83. The lowest BCUT2D eigenvalue weighted by atomic mass is 9.91. The molecule has 5 heteroatoms. The lowest BCUT2D eigenvalue weighted by Crippen LogP contribution is -2.42. The van der Waals surface area contributed by atoms with Crippen molar-refractivity contribution >= 4 is 22.6 Å². The second-order valence-corrected chi connectivity index (χ2v) is 7.12. The summed E-state index contributed by atoms with van der Waals surface area (Å²) in [5.74, 6) is 2.17. The van der Waals surface area contributed by atoms with Crippen molar-refractivity contribution in [2.24, 2.45) is 0 Å². The van der Waals surface area contributed by atoms with E-state index in [9.17, 15) is 0 Å². The zero-order valence-corrected chi connectivity index (χ0v) is 14.5. The Bertz CT molecular complexity index is 961. The lowest BCUT2D eigenvalue weighted by molar-refractivity contribution is -0.704. The van der Waals surface area contributed by atoms with Gasteiger partial charge in [0.2, 0.25) is 5.65 Å². The van der Waals surface area contributed by atoms with Gasteiger partial charge in [0.15, 0.2) is 0 Å². The molecule has 124 valence electrons. The molecule has 0 saturated heterocycles. The summed E-state index contributed by atoms with van der Waals surface area (Å²) in [6, 6.07) is 7.42. The summed E-state index contributed by atoms with van der Waals surface area (Å²) < 4.78 is 10.3. The largest absolute Gasteiger partial charge is 0.496 e. The van der Waals surface area contributed by atoms with E-state index in [4.69, 9.17) is 9.72 Å². The molecule has 0 amide bonds. The number of aromatic nitrogens is 3. The Labute approximate surface area is 141 Å². The Morgan fingerprint density at radius 2 is 2.04 bits per heavy atom. The zero-order valence-electron chi connectivity index (χ0n) is 14.5. The fourth-order valence-corrected chi connectivity index (χ4v) is 4.81. The summed E-state index contributed by atoms with van der Waals surface area (Å²) in [7, 11) is 3.97. The van der Waals surface area contributed by atoms with Crippen molar-refractivity contribution in [2.45, 2.75) is 44.7 Å². The molecular weight excluding hydrogens is 300 g/mol. The van der Waals surface area contributed by atoms with E-state index in [2.05, 4.69) is 46.2 Å². The topological polar surface area (TPSA) is 33.6 Å². The molecule has 5 rings (SSSR count). The summed E-state index contributed by atoms with van der Waals surface area (Å²) in [5, 5.41) is 0. The Hall–Kier alpha value is -2.30. The van der Waals surface area contributed by atoms with Crippen LogP contribution in [0.15, 0.2) is 24.4 Å². The first kappa shape index (κ1) is 14.1. The third-order valence-electron chi connectivity index (χ3n) is 5.95. The van der Waals surface area contributed by atoms with Crippen LogP contribution in [0.1, 0.15) is 37.3 Å². The van der Waals surface area contributed by atoms with Crippen molar-refractivity contribution in [2.75, 3.05) is 19.1 Å². The molecular formula is C19H23N4O+. The van der Waals surface area contributed by atoms with Crippen LogP contribution >= 0.6 is 0 Å². The van der Waals surface area contributed by atoms with Gasteiger partial charge in [-0.2, -0.15) is 4.40 Å². The maximum absolute atomic E-state index is 5.55. The minimum absolute atomic E-state index is 0.589. The third-order valence-corrected chi connectivity index (χ3v) is 5.95. The van der Waals surface area contributed by atoms with Gasteiger partial charge in [0, 0.05) is 11.6 Å². The van der Waals surface area contributed by atoms with E-state index in [0.29, 0.717) is 12.1 Å². The molecule has 0 spiro atoms. The number of hydrogen-bond acceptors (Lipinski definition) is 3. The first-order valence-electron chi connectivity index (χ1n) is 8.83. The second kappa shape index (κ2) is 4.85. The summed E-state index contributed by atoms with van der Waals surface area (Å²) in [6.45, 7) is 2.13. The second-order valence-electron chi connectivity index (χ2n) is 7.12. The van der Waals surface area contributed by atoms with Gasteiger partial charge in [0.25, 0.3) is 0 Å². The van der Waals surface area contributed by atoms with E-state index in [1.165, 1.54) is 37.1 Å². The van der Waals surface area contributed by atoms with Crippen molar-refractivity contribution in [3.63, 3.8) is 0 Å². The molecule has 1 aromatic carbocycles. The number of nitrogens with zero attached hydrogens (tertiary/aromatic N) is 4. The van der Waals surface area contributed by atoms with E-state index in [1.54, 1.807) is 7.11 Å². The van der Waals surface area contributed by atoms with E-state index in [0.717, 1.165) is 22.5 Å². The molecule has 2 atom stereocenters. The molecule has 1 aliphatic heterocycles. The number of imidazole rings is 1. The average molecular weight is 323 g/mol. The Balaban J connectivity index is 1.88. The standard InChI is InChI=1S/C19H23N4O/c1-12-16(24-3)9-8-13-18(12)23-17(20-13)10-11-22-15-7-5-4-6-14(15)21(2)19(22)23/h8-11,14-15H,4-7H2,1-3H3/q+1. The van der Waals surface area contributed by atoms with Crippen molar-refractivity contribution in [3.8, 4) is 5.75 Å². The van der Waals surface area contributed by atoms with Crippen LogP contribution in [0.5, 0.6) is 5.75 Å². The highest BCUT2D eigenvalue weighted by Gasteiger charge is 2.45. The minimum atomic E-state index is 0.589. The van der Waals surface area contributed by atoms with Crippen LogP contribution in [0, 0.1) is 6.92 Å². The number of aryl methyl sites for hydroxylation is 1. The lowest BCUT2D eigenvalue weighted by Gasteiger charge is -2.24. The maximum Gasteiger partial charge on any atom is 0.366 e. The normalized spacial score (nSPS) is 22.9. The minimum Gasteiger partial charge on any atom is -0.496 e. The first-order chi connectivity index (χ1) is 11.7. The predicted octanol–water partition coefficient (Wildman–Crippen LogP) is 3.03. The molecule has 24 heavy (non-hydrogen) atoms. The summed E-state index contributed by atoms with van der Waals surface area (Å²) in [5.41, 5.74) is 4.36. The molecule has 2 unspecified atom stereocenters. The number of likely N-dealkylation sites (N-methyl/N-ethyl adjacent to an activating group) is 1. The van der Waals surface area contributed by atoms with Crippen LogP contribution in [0.2, 0.25) is 0 Å². The summed E-state index contributed by atoms with van der Waals surface area (Å²) in [4.78, 5) is 7.32. The van der Waals surface area contributed by atoms with Gasteiger partial charge in [-0.3, -0.25) is 4.90 Å². The predicted molar refractivity (Wildman–Crippen MR) is 93.9 cm³/mol. The monoisotopic (exact) mass is 323 g/mol. The van der Waals surface area contributed by atoms with Gasteiger partial charge in [-0.1, -0.05) is 0 Å². The van der Waals surface area contributed by atoms with Crippen LogP contribution < -0.4 is 14.2 Å². The van der Waals surface area contributed by atoms with Crippen LogP contribution in [-0.2, 0) is 0 Å². The number of hydrogen-bond donors (Lipinski definition) is 0. The van der Waals surface area contributed by atoms with Crippen LogP contribution in [0.3, 0.4) is 0 Å². The maximum atomic E-state index is 5.55. The number of anilines is 1. The average Bonchev–Trinajstić information content (AvgIpc) is 3.12. The SMILES string of the molecule is COc1ccc2nc3cc[n+]4c(n3c2c1C)N(C)C1CCCCC14. The van der Waals surface area contributed by atoms with Crippen LogP contribution in [0.4, 0.5) is 5.95 Å². The van der Waals surface area contributed by atoms with Gasteiger partial charge in [-0.25, -0.2) is 9.55 Å². The van der Waals surface area contributed by atoms with E-state index < -0.39 is 0 Å². The number of rotatable bonds is 1. The van der Waals surface area contributed by atoms with E-state index in [1.807, 2.05) is 6.07 Å². The summed E-state index contributed by atoms with van der Waals surface area (Å²) in [6.07, 6.45) is 7.44. The zero-order chi connectivity index (χ0) is 16.4. The van der Waals surface area contributed by atoms with Gasteiger partial charge in [-0.15, -0.1) is 0 Å².